The number of sulfone groups is 1. The minimum atomic E-state index is -3.03. The average Bonchev–Trinajstić information content (AvgIpc) is 1.97. The quantitative estimate of drug-likeness (QED) is 0.656. The molecule has 0 radical (unpaired) electrons. The first kappa shape index (κ1) is 14.0. The van der Waals surface area contributed by atoms with Crippen molar-refractivity contribution in [3.05, 3.63) is 0 Å². The predicted molar refractivity (Wildman–Crippen MR) is 69.3 cm³/mol. The van der Waals surface area contributed by atoms with Crippen molar-refractivity contribution in [3.8, 4) is 0 Å². The lowest BCUT2D eigenvalue weighted by molar-refractivity contribution is 0.167. The molecule has 96 valence electrons. The Morgan fingerprint density at radius 2 is 1.25 bits per heavy atom. The van der Waals surface area contributed by atoms with Gasteiger partial charge in [-0.15, -0.1) is 0 Å². The zero-order valence-electron chi connectivity index (χ0n) is 11.7. The van der Waals surface area contributed by atoms with E-state index in [9.17, 15) is 8.42 Å². The van der Waals surface area contributed by atoms with Gasteiger partial charge in [-0.25, -0.2) is 8.42 Å². The summed E-state index contributed by atoms with van der Waals surface area (Å²) in [6.45, 7) is 14.1. The van der Waals surface area contributed by atoms with E-state index >= 15 is 0 Å². The molecule has 0 aromatic heterocycles. The molecule has 0 unspecified atom stereocenters. The second kappa shape index (κ2) is 3.47. The van der Waals surface area contributed by atoms with Gasteiger partial charge >= 0.3 is 0 Å². The number of hydrogen-bond acceptors (Lipinski definition) is 2. The van der Waals surface area contributed by atoms with Crippen LogP contribution in [0.4, 0.5) is 0 Å². The Morgan fingerprint density at radius 3 is 1.50 bits per heavy atom. The number of rotatable bonds is 0. The molecule has 0 spiro atoms. The third-order valence-electron chi connectivity index (χ3n) is 4.16. The van der Waals surface area contributed by atoms with E-state index in [1.54, 1.807) is 0 Å². The fourth-order valence-corrected chi connectivity index (χ4v) is 5.18. The van der Waals surface area contributed by atoms with Gasteiger partial charge in [0.05, 0.1) is 9.49 Å². The van der Waals surface area contributed by atoms with E-state index in [0.29, 0.717) is 5.92 Å². The minimum absolute atomic E-state index is 0.185. The maximum Gasteiger partial charge on any atom is 0.160 e. The molecule has 2 nitrogen and oxygen atoms in total. The maximum absolute atomic E-state index is 12.4. The monoisotopic (exact) mass is 246 g/mol. The zero-order chi connectivity index (χ0) is 13.0. The third kappa shape index (κ3) is 2.03. The summed E-state index contributed by atoms with van der Waals surface area (Å²) in [7, 11) is -3.03. The van der Waals surface area contributed by atoms with E-state index < -0.39 is 19.3 Å². The fraction of sp³-hybridized carbons (Fsp3) is 1.00. The molecule has 1 heterocycles. The van der Waals surface area contributed by atoms with Gasteiger partial charge in [0, 0.05) is 0 Å². The van der Waals surface area contributed by atoms with Gasteiger partial charge in [0.1, 0.15) is 0 Å². The molecule has 0 amide bonds. The van der Waals surface area contributed by atoms with E-state index in [-0.39, 0.29) is 5.41 Å². The largest absolute Gasteiger partial charge is 0.228 e. The van der Waals surface area contributed by atoms with Gasteiger partial charge in [0.25, 0.3) is 0 Å². The summed E-state index contributed by atoms with van der Waals surface area (Å²) in [4.78, 5) is 0. The summed E-state index contributed by atoms with van der Waals surface area (Å²) in [6, 6.07) is 0. The standard InChI is InChI=1S/C13H26O2S/c1-11(2,3)10-8-12(4,5)16(14,15)13(6,7)9-10/h10H,8-9H2,1-7H3. The van der Waals surface area contributed by atoms with Crippen molar-refractivity contribution in [1.82, 2.24) is 0 Å². The molecule has 0 saturated carbocycles. The lowest BCUT2D eigenvalue weighted by atomic mass is 9.71. The topological polar surface area (TPSA) is 34.1 Å². The molecule has 0 aromatic rings. The summed E-state index contributed by atoms with van der Waals surface area (Å²) < 4.78 is 23.7. The van der Waals surface area contributed by atoms with Crippen LogP contribution in [-0.4, -0.2) is 17.9 Å². The molecule has 0 aliphatic carbocycles. The molecule has 16 heavy (non-hydrogen) atoms. The van der Waals surface area contributed by atoms with Crippen LogP contribution in [-0.2, 0) is 9.84 Å². The first-order valence-corrected chi connectivity index (χ1v) is 7.54. The van der Waals surface area contributed by atoms with E-state index in [2.05, 4.69) is 20.8 Å². The highest BCUT2D eigenvalue weighted by atomic mass is 32.2. The van der Waals surface area contributed by atoms with Crippen molar-refractivity contribution < 1.29 is 8.42 Å². The molecule has 0 N–H and O–H groups in total. The number of hydrogen-bond donors (Lipinski definition) is 0. The van der Waals surface area contributed by atoms with Gasteiger partial charge in [0.15, 0.2) is 9.84 Å². The molecule has 3 heteroatoms. The van der Waals surface area contributed by atoms with E-state index in [1.807, 2.05) is 27.7 Å². The lowest BCUT2D eigenvalue weighted by Crippen LogP contribution is -2.54. The van der Waals surface area contributed by atoms with Crippen LogP contribution >= 0.6 is 0 Å². The smallest absolute Gasteiger partial charge is 0.160 e. The Hall–Kier alpha value is -0.0500. The van der Waals surface area contributed by atoms with Crippen LogP contribution in [0.5, 0.6) is 0 Å². The van der Waals surface area contributed by atoms with Crippen LogP contribution in [0.2, 0.25) is 0 Å². The first-order valence-electron chi connectivity index (χ1n) is 6.05. The second-order valence-corrected chi connectivity index (χ2v) is 10.7. The van der Waals surface area contributed by atoms with Crippen molar-refractivity contribution in [2.75, 3.05) is 0 Å². The third-order valence-corrected chi connectivity index (χ3v) is 7.40. The van der Waals surface area contributed by atoms with Gasteiger partial charge in [-0.05, 0) is 51.9 Å². The molecule has 1 rings (SSSR count). The molecular weight excluding hydrogens is 220 g/mol. The molecule has 1 aliphatic rings. The van der Waals surface area contributed by atoms with Crippen LogP contribution in [0.3, 0.4) is 0 Å². The maximum atomic E-state index is 12.4. The highest BCUT2D eigenvalue weighted by Gasteiger charge is 2.53. The summed E-state index contributed by atoms with van der Waals surface area (Å²) >= 11 is 0. The van der Waals surface area contributed by atoms with Crippen LogP contribution in [0, 0.1) is 11.3 Å². The van der Waals surface area contributed by atoms with Crippen molar-refractivity contribution >= 4 is 9.84 Å². The Morgan fingerprint density at radius 1 is 0.938 bits per heavy atom. The molecule has 1 fully saturated rings. The summed E-state index contributed by atoms with van der Waals surface area (Å²) in [5.74, 6) is 0.473. The van der Waals surface area contributed by atoms with E-state index in [1.165, 1.54) is 0 Å². The van der Waals surface area contributed by atoms with Gasteiger partial charge in [-0.2, -0.15) is 0 Å². The highest BCUT2D eigenvalue weighted by Crippen LogP contribution is 2.49. The molecule has 0 atom stereocenters. The van der Waals surface area contributed by atoms with Gasteiger partial charge in [0.2, 0.25) is 0 Å². The zero-order valence-corrected chi connectivity index (χ0v) is 12.5. The SMILES string of the molecule is CC(C)(C)C1CC(C)(C)S(=O)(=O)C(C)(C)C1. The molecule has 1 aliphatic heterocycles. The van der Waals surface area contributed by atoms with Crippen LogP contribution in [0.25, 0.3) is 0 Å². The van der Waals surface area contributed by atoms with Crippen molar-refractivity contribution in [2.45, 2.75) is 70.8 Å². The summed E-state index contributed by atoms with van der Waals surface area (Å²) in [5.41, 5.74) is 0.185. The molecular formula is C13H26O2S. The first-order chi connectivity index (χ1) is 6.81. The minimum Gasteiger partial charge on any atom is -0.228 e. The van der Waals surface area contributed by atoms with Crippen molar-refractivity contribution in [2.24, 2.45) is 11.3 Å². The molecule has 0 bridgehead atoms. The van der Waals surface area contributed by atoms with E-state index in [0.717, 1.165) is 12.8 Å². The summed E-state index contributed by atoms with van der Waals surface area (Å²) in [6.07, 6.45) is 1.56. The normalized spacial score (nSPS) is 28.9. The Balaban J connectivity index is 3.19. The highest BCUT2D eigenvalue weighted by molar-refractivity contribution is 7.94. The average molecular weight is 246 g/mol. The van der Waals surface area contributed by atoms with Crippen LogP contribution in [0.1, 0.15) is 61.3 Å². The lowest BCUT2D eigenvalue weighted by Gasteiger charge is -2.48. The van der Waals surface area contributed by atoms with Gasteiger partial charge in [-0.1, -0.05) is 20.8 Å². The predicted octanol–water partition coefficient (Wildman–Crippen LogP) is 3.41. The van der Waals surface area contributed by atoms with Gasteiger partial charge in [-0.3, -0.25) is 0 Å². The second-order valence-electron chi connectivity index (χ2n) is 7.49. The van der Waals surface area contributed by atoms with Crippen molar-refractivity contribution in [1.29, 1.82) is 0 Å². The fourth-order valence-electron chi connectivity index (χ4n) is 2.84. The van der Waals surface area contributed by atoms with Crippen molar-refractivity contribution in [3.63, 3.8) is 0 Å². The molecule has 0 aromatic carbocycles. The van der Waals surface area contributed by atoms with E-state index in [4.69, 9.17) is 0 Å². The van der Waals surface area contributed by atoms with Crippen LogP contribution < -0.4 is 0 Å². The Bertz CT molecular complexity index is 345. The Labute approximate surface area is 101 Å². The van der Waals surface area contributed by atoms with Crippen LogP contribution in [0.15, 0.2) is 0 Å². The summed E-state index contributed by atoms with van der Waals surface area (Å²) in [5, 5.41) is 0. The molecule has 1 saturated heterocycles. The Kier molecular flexibility index (Phi) is 3.04. The van der Waals surface area contributed by atoms with Gasteiger partial charge < -0.3 is 0 Å².